The first kappa shape index (κ1) is 18.0. The highest BCUT2D eigenvalue weighted by Gasteiger charge is 2.18. The zero-order valence-corrected chi connectivity index (χ0v) is 17.1. The van der Waals surface area contributed by atoms with E-state index < -0.39 is 0 Å². The maximum absolute atomic E-state index is 4.79. The van der Waals surface area contributed by atoms with E-state index in [-0.39, 0.29) is 0 Å². The lowest BCUT2D eigenvalue weighted by Gasteiger charge is -2.28. The monoisotopic (exact) mass is 406 g/mol. The van der Waals surface area contributed by atoms with Gasteiger partial charge in [0.1, 0.15) is 0 Å². The van der Waals surface area contributed by atoms with Gasteiger partial charge in [-0.15, -0.1) is 10.2 Å². The van der Waals surface area contributed by atoms with Crippen LogP contribution >= 0.6 is 0 Å². The zero-order valence-electron chi connectivity index (χ0n) is 17.1. The van der Waals surface area contributed by atoms with Crippen molar-refractivity contribution in [3.05, 3.63) is 73.1 Å². The Bertz CT molecular complexity index is 1380. The number of aromatic nitrogens is 5. The van der Waals surface area contributed by atoms with Crippen LogP contribution < -0.4 is 4.90 Å². The third-order valence-corrected chi connectivity index (χ3v) is 6.00. The molecule has 0 bridgehead atoms. The standard InChI is InChI=1S/C25H22N6/c1-6-14-30(15-7-1)24-20-9-3-4-10-21(20)25(29-28-24)31-17-19(16-26-31)23-13-12-18-8-2-5-11-22(18)27-23/h2-5,8-13,16-17H,1,6-7,14-15H2. The molecule has 4 heterocycles. The summed E-state index contributed by atoms with van der Waals surface area (Å²) in [5.74, 6) is 1.71. The Labute approximate surface area is 180 Å². The predicted octanol–water partition coefficient (Wildman–Crippen LogP) is 5.02. The topological polar surface area (TPSA) is 59.7 Å². The SMILES string of the molecule is c1ccc2nc(-c3cnn(-c4nnc(N5CCCCC5)c5ccccc45)c3)ccc2c1. The zero-order chi connectivity index (χ0) is 20.6. The molecule has 0 saturated carbocycles. The Morgan fingerprint density at radius 3 is 2.32 bits per heavy atom. The van der Waals surface area contributed by atoms with E-state index in [1.165, 1.54) is 19.3 Å². The van der Waals surface area contributed by atoms with Crippen molar-refractivity contribution in [2.75, 3.05) is 18.0 Å². The number of pyridine rings is 1. The summed E-state index contributed by atoms with van der Waals surface area (Å²) in [4.78, 5) is 7.15. The van der Waals surface area contributed by atoms with Crippen molar-refractivity contribution in [1.82, 2.24) is 25.0 Å². The van der Waals surface area contributed by atoms with Crippen molar-refractivity contribution in [2.24, 2.45) is 0 Å². The van der Waals surface area contributed by atoms with Crippen LogP contribution in [-0.4, -0.2) is 38.1 Å². The molecule has 0 amide bonds. The van der Waals surface area contributed by atoms with Gasteiger partial charge in [0.25, 0.3) is 0 Å². The van der Waals surface area contributed by atoms with Crippen LogP contribution in [0, 0.1) is 0 Å². The van der Waals surface area contributed by atoms with Gasteiger partial charge in [0, 0.05) is 41.0 Å². The average Bonchev–Trinajstić information content (AvgIpc) is 3.34. The quantitative estimate of drug-likeness (QED) is 0.421. The molecule has 0 atom stereocenters. The number of piperidine rings is 1. The lowest BCUT2D eigenvalue weighted by molar-refractivity contribution is 0.572. The van der Waals surface area contributed by atoms with E-state index in [0.717, 1.165) is 57.7 Å². The second-order valence-electron chi connectivity index (χ2n) is 8.00. The number of anilines is 1. The highest BCUT2D eigenvalue weighted by molar-refractivity contribution is 5.96. The van der Waals surface area contributed by atoms with Crippen molar-refractivity contribution in [3.8, 4) is 17.1 Å². The molecule has 1 aliphatic heterocycles. The highest BCUT2D eigenvalue weighted by Crippen LogP contribution is 2.30. The Morgan fingerprint density at radius 1 is 0.710 bits per heavy atom. The molecule has 6 nitrogen and oxygen atoms in total. The minimum atomic E-state index is 0.739. The summed E-state index contributed by atoms with van der Waals surface area (Å²) in [5, 5.41) is 17.1. The molecule has 31 heavy (non-hydrogen) atoms. The fraction of sp³-hybridized carbons (Fsp3) is 0.200. The van der Waals surface area contributed by atoms with Gasteiger partial charge in [-0.05, 0) is 31.4 Å². The molecule has 0 unspecified atom stereocenters. The van der Waals surface area contributed by atoms with Crippen LogP contribution in [0.1, 0.15) is 19.3 Å². The van der Waals surface area contributed by atoms with Gasteiger partial charge in [-0.2, -0.15) is 5.10 Å². The average molecular weight is 406 g/mol. The fourth-order valence-corrected chi connectivity index (χ4v) is 4.38. The molecule has 0 aliphatic carbocycles. The van der Waals surface area contributed by atoms with Crippen LogP contribution in [0.5, 0.6) is 0 Å². The van der Waals surface area contributed by atoms with E-state index >= 15 is 0 Å². The number of nitrogens with zero attached hydrogens (tertiary/aromatic N) is 6. The molecular weight excluding hydrogens is 384 g/mol. The first-order chi connectivity index (χ1) is 15.4. The normalized spacial score (nSPS) is 14.4. The third-order valence-electron chi connectivity index (χ3n) is 6.00. The van der Waals surface area contributed by atoms with Gasteiger partial charge in [0.15, 0.2) is 11.6 Å². The van der Waals surface area contributed by atoms with Gasteiger partial charge < -0.3 is 4.90 Å². The molecule has 0 spiro atoms. The summed E-state index contributed by atoms with van der Waals surface area (Å²) in [6.45, 7) is 2.08. The van der Waals surface area contributed by atoms with Crippen LogP contribution in [0.25, 0.3) is 38.8 Å². The molecule has 1 saturated heterocycles. The second-order valence-corrected chi connectivity index (χ2v) is 8.00. The van der Waals surface area contributed by atoms with Crippen LogP contribution in [0.2, 0.25) is 0 Å². The third kappa shape index (κ3) is 3.20. The maximum atomic E-state index is 4.79. The number of para-hydroxylation sites is 1. The molecule has 1 aliphatic rings. The Hall–Kier alpha value is -3.80. The summed E-state index contributed by atoms with van der Waals surface area (Å²) in [5.41, 5.74) is 2.83. The summed E-state index contributed by atoms with van der Waals surface area (Å²) in [6, 6.07) is 20.6. The van der Waals surface area contributed by atoms with E-state index in [4.69, 9.17) is 4.98 Å². The van der Waals surface area contributed by atoms with Gasteiger partial charge in [0.2, 0.25) is 0 Å². The van der Waals surface area contributed by atoms with Crippen molar-refractivity contribution in [3.63, 3.8) is 0 Å². The predicted molar refractivity (Wildman–Crippen MR) is 123 cm³/mol. The number of benzene rings is 2. The van der Waals surface area contributed by atoms with Crippen molar-refractivity contribution in [1.29, 1.82) is 0 Å². The van der Waals surface area contributed by atoms with Crippen molar-refractivity contribution >= 4 is 27.5 Å². The summed E-state index contributed by atoms with van der Waals surface area (Å²) in [7, 11) is 0. The smallest absolute Gasteiger partial charge is 0.183 e. The van der Waals surface area contributed by atoms with Crippen LogP contribution in [0.4, 0.5) is 5.82 Å². The minimum Gasteiger partial charge on any atom is -0.355 e. The number of hydrogen-bond acceptors (Lipinski definition) is 5. The molecule has 3 aromatic heterocycles. The summed E-state index contributed by atoms with van der Waals surface area (Å²) >= 11 is 0. The summed E-state index contributed by atoms with van der Waals surface area (Å²) < 4.78 is 1.81. The lowest BCUT2D eigenvalue weighted by atomic mass is 10.1. The van der Waals surface area contributed by atoms with Gasteiger partial charge in [0.05, 0.1) is 17.4 Å². The molecule has 152 valence electrons. The minimum absolute atomic E-state index is 0.739. The summed E-state index contributed by atoms with van der Waals surface area (Å²) in [6.07, 6.45) is 7.52. The number of hydrogen-bond donors (Lipinski definition) is 0. The van der Waals surface area contributed by atoms with Crippen LogP contribution in [0.15, 0.2) is 73.1 Å². The number of fused-ring (bicyclic) bond motifs is 2. The van der Waals surface area contributed by atoms with Gasteiger partial charge in [-0.25, -0.2) is 9.67 Å². The maximum Gasteiger partial charge on any atom is 0.183 e. The number of rotatable bonds is 3. The molecular formula is C25H22N6. The Balaban J connectivity index is 1.42. The van der Waals surface area contributed by atoms with E-state index in [1.807, 2.05) is 47.4 Å². The first-order valence-corrected chi connectivity index (χ1v) is 10.8. The molecule has 2 aromatic carbocycles. The van der Waals surface area contributed by atoms with Crippen LogP contribution in [-0.2, 0) is 0 Å². The fourth-order valence-electron chi connectivity index (χ4n) is 4.38. The Kier molecular flexibility index (Phi) is 4.34. The molecule has 0 radical (unpaired) electrons. The Morgan fingerprint density at radius 2 is 1.45 bits per heavy atom. The van der Waals surface area contributed by atoms with E-state index in [1.54, 1.807) is 0 Å². The highest BCUT2D eigenvalue weighted by atomic mass is 15.4. The van der Waals surface area contributed by atoms with E-state index in [2.05, 4.69) is 50.5 Å². The van der Waals surface area contributed by atoms with E-state index in [9.17, 15) is 0 Å². The molecule has 6 rings (SSSR count). The largest absolute Gasteiger partial charge is 0.355 e. The first-order valence-electron chi connectivity index (χ1n) is 10.8. The van der Waals surface area contributed by atoms with Gasteiger partial charge in [-0.3, -0.25) is 0 Å². The van der Waals surface area contributed by atoms with E-state index in [0.29, 0.717) is 0 Å². The van der Waals surface area contributed by atoms with Crippen LogP contribution in [0.3, 0.4) is 0 Å². The van der Waals surface area contributed by atoms with Gasteiger partial charge >= 0.3 is 0 Å². The molecule has 1 fully saturated rings. The second kappa shape index (κ2) is 7.47. The van der Waals surface area contributed by atoms with Gasteiger partial charge in [-0.1, -0.05) is 48.5 Å². The molecule has 6 heteroatoms. The molecule has 0 N–H and O–H groups in total. The van der Waals surface area contributed by atoms with Crippen molar-refractivity contribution < 1.29 is 0 Å². The molecule has 5 aromatic rings. The lowest BCUT2D eigenvalue weighted by Crippen LogP contribution is -2.30. The van der Waals surface area contributed by atoms with Crippen molar-refractivity contribution in [2.45, 2.75) is 19.3 Å².